The fraction of sp³-hybridized carbons (Fsp3) is 0.652. The average Bonchev–Trinajstić information content (AvgIpc) is 2.85. The second kappa shape index (κ2) is 22.7. The van der Waals surface area contributed by atoms with Gasteiger partial charge in [0.2, 0.25) is 11.8 Å². The molecule has 10 nitrogen and oxygen atoms in total. The number of ether oxygens (including phenoxy) is 4. The third-order valence-electron chi connectivity index (χ3n) is 4.13. The van der Waals surface area contributed by atoms with Crippen LogP contribution in [0, 0.1) is 0 Å². The fourth-order valence-corrected chi connectivity index (χ4v) is 4.32. The van der Waals surface area contributed by atoms with E-state index >= 15 is 0 Å². The van der Waals surface area contributed by atoms with E-state index in [9.17, 15) is 14.4 Å². The summed E-state index contributed by atoms with van der Waals surface area (Å²) >= 11 is 0. The molecule has 35 heavy (non-hydrogen) atoms. The minimum Gasteiger partial charge on any atom is -0.379 e. The summed E-state index contributed by atoms with van der Waals surface area (Å²) in [4.78, 5) is 38.4. The van der Waals surface area contributed by atoms with Crippen molar-refractivity contribution < 1.29 is 33.3 Å². The molecule has 0 aliphatic rings. The molecule has 198 valence electrons. The summed E-state index contributed by atoms with van der Waals surface area (Å²) in [5, 5.41) is 6.39. The van der Waals surface area contributed by atoms with Crippen molar-refractivity contribution in [2.75, 3.05) is 71.7 Å². The predicted octanol–water partition coefficient (Wildman–Crippen LogP) is 1.88. The van der Waals surface area contributed by atoms with Crippen molar-refractivity contribution in [3.05, 3.63) is 24.4 Å². The van der Waals surface area contributed by atoms with E-state index in [0.29, 0.717) is 84.4 Å². The number of hydrogen-bond acceptors (Lipinski definition) is 10. The number of pyridine rings is 1. The van der Waals surface area contributed by atoms with Gasteiger partial charge in [0.05, 0.1) is 39.6 Å². The zero-order valence-electron chi connectivity index (χ0n) is 20.3. The highest BCUT2D eigenvalue weighted by atomic mass is 33.1. The third kappa shape index (κ3) is 21.3. The molecule has 0 atom stereocenters. The number of rotatable bonds is 23. The molecule has 0 bridgehead atoms. The Kier molecular flexibility index (Phi) is 20.4. The first kappa shape index (κ1) is 31.3. The van der Waals surface area contributed by atoms with E-state index in [4.69, 9.17) is 18.9 Å². The van der Waals surface area contributed by atoms with Crippen LogP contribution in [0.2, 0.25) is 0 Å². The van der Waals surface area contributed by atoms with Crippen LogP contribution >= 0.6 is 21.6 Å². The summed E-state index contributed by atoms with van der Waals surface area (Å²) < 4.78 is 21.4. The first-order valence-electron chi connectivity index (χ1n) is 11.6. The molecule has 0 radical (unpaired) electrons. The number of carbonyl (C=O) groups is 3. The van der Waals surface area contributed by atoms with Crippen LogP contribution in [0.4, 0.5) is 0 Å². The lowest BCUT2D eigenvalue weighted by molar-refractivity contribution is -0.124. The van der Waals surface area contributed by atoms with E-state index < -0.39 is 0 Å². The van der Waals surface area contributed by atoms with Crippen LogP contribution in [-0.2, 0) is 33.3 Å². The standard InChI is InChI=1S/C23H37N3O7S2/c1-20(27)24-9-12-31-16-17-33-19-21(28)5-4-11-30-14-15-32-13-10-25-22(29)7-18-34-35-23-6-2-3-8-26-23/h2-3,6,8H,4-5,7,9-19H2,1H3,(H,24,27)(H,25,29). The molecule has 0 aromatic carbocycles. The molecule has 0 aliphatic heterocycles. The van der Waals surface area contributed by atoms with Crippen molar-refractivity contribution in [1.82, 2.24) is 15.6 Å². The van der Waals surface area contributed by atoms with E-state index in [1.807, 2.05) is 18.2 Å². The molecule has 1 rings (SSSR count). The number of hydrogen-bond donors (Lipinski definition) is 2. The highest BCUT2D eigenvalue weighted by Crippen LogP contribution is 2.29. The zero-order valence-corrected chi connectivity index (χ0v) is 22.0. The molecular formula is C23H37N3O7S2. The van der Waals surface area contributed by atoms with Crippen LogP contribution in [0.3, 0.4) is 0 Å². The minimum absolute atomic E-state index is 0.00195. The van der Waals surface area contributed by atoms with Crippen LogP contribution in [0.25, 0.3) is 0 Å². The van der Waals surface area contributed by atoms with E-state index in [1.54, 1.807) is 27.8 Å². The summed E-state index contributed by atoms with van der Waals surface area (Å²) in [6.45, 7) is 5.35. The maximum Gasteiger partial charge on any atom is 0.220 e. The van der Waals surface area contributed by atoms with Gasteiger partial charge in [-0.05, 0) is 29.3 Å². The number of amides is 2. The normalized spacial score (nSPS) is 10.8. The van der Waals surface area contributed by atoms with Gasteiger partial charge in [0.25, 0.3) is 0 Å². The van der Waals surface area contributed by atoms with Gasteiger partial charge in [-0.15, -0.1) is 0 Å². The van der Waals surface area contributed by atoms with Crippen molar-refractivity contribution in [1.29, 1.82) is 0 Å². The van der Waals surface area contributed by atoms with Gasteiger partial charge in [0.15, 0.2) is 5.78 Å². The minimum atomic E-state index is -0.0917. The molecule has 2 N–H and O–H groups in total. The molecular weight excluding hydrogens is 494 g/mol. The molecule has 2 amide bonds. The van der Waals surface area contributed by atoms with Crippen molar-refractivity contribution in [2.24, 2.45) is 0 Å². The Morgan fingerprint density at radius 2 is 1.54 bits per heavy atom. The fourth-order valence-electron chi connectivity index (χ4n) is 2.45. The molecule has 1 aromatic rings. The number of nitrogens with one attached hydrogen (secondary N) is 2. The molecule has 1 heterocycles. The van der Waals surface area contributed by atoms with E-state index in [1.165, 1.54) is 6.92 Å². The van der Waals surface area contributed by atoms with Gasteiger partial charge in [0, 0.05) is 51.4 Å². The van der Waals surface area contributed by atoms with Crippen LogP contribution in [0.15, 0.2) is 29.4 Å². The molecule has 0 fully saturated rings. The van der Waals surface area contributed by atoms with Gasteiger partial charge in [-0.2, -0.15) is 0 Å². The lowest BCUT2D eigenvalue weighted by Crippen LogP contribution is -2.27. The number of aromatic nitrogens is 1. The van der Waals surface area contributed by atoms with Gasteiger partial charge in [-0.1, -0.05) is 16.9 Å². The maximum atomic E-state index is 11.8. The van der Waals surface area contributed by atoms with Crippen molar-refractivity contribution in [2.45, 2.75) is 31.2 Å². The Balaban J connectivity index is 1.78. The smallest absolute Gasteiger partial charge is 0.220 e. The van der Waals surface area contributed by atoms with Crippen LogP contribution in [0.1, 0.15) is 26.2 Å². The van der Waals surface area contributed by atoms with E-state index in [-0.39, 0.29) is 24.2 Å². The molecule has 12 heteroatoms. The first-order valence-corrected chi connectivity index (χ1v) is 13.9. The Morgan fingerprint density at radius 3 is 2.23 bits per heavy atom. The Bertz CT molecular complexity index is 699. The number of carbonyl (C=O) groups excluding carboxylic acids is 3. The molecule has 0 spiro atoms. The first-order chi connectivity index (χ1) is 17.1. The van der Waals surface area contributed by atoms with Crippen LogP contribution in [0.5, 0.6) is 0 Å². The van der Waals surface area contributed by atoms with Crippen molar-refractivity contribution >= 4 is 39.2 Å². The van der Waals surface area contributed by atoms with Crippen molar-refractivity contribution in [3.63, 3.8) is 0 Å². The summed E-state index contributed by atoms with van der Waals surface area (Å²) in [7, 11) is 3.17. The zero-order chi connectivity index (χ0) is 25.4. The van der Waals surface area contributed by atoms with Crippen molar-refractivity contribution in [3.8, 4) is 0 Å². The average molecular weight is 532 g/mol. The number of nitrogens with zero attached hydrogens (tertiary/aromatic N) is 1. The Labute approximate surface area is 215 Å². The van der Waals surface area contributed by atoms with E-state index in [0.717, 1.165) is 5.03 Å². The molecule has 0 aliphatic carbocycles. The van der Waals surface area contributed by atoms with Gasteiger partial charge < -0.3 is 29.6 Å². The predicted molar refractivity (Wildman–Crippen MR) is 136 cm³/mol. The van der Waals surface area contributed by atoms with Crippen LogP contribution in [-0.4, -0.2) is 94.3 Å². The van der Waals surface area contributed by atoms with Gasteiger partial charge in [-0.25, -0.2) is 4.98 Å². The van der Waals surface area contributed by atoms with Gasteiger partial charge >= 0.3 is 0 Å². The number of ketones is 1. The van der Waals surface area contributed by atoms with Gasteiger partial charge in [-0.3, -0.25) is 14.4 Å². The van der Waals surface area contributed by atoms with E-state index in [2.05, 4.69) is 15.6 Å². The summed E-state index contributed by atoms with van der Waals surface area (Å²) in [6.07, 6.45) is 3.22. The van der Waals surface area contributed by atoms with Crippen LogP contribution < -0.4 is 10.6 Å². The second-order valence-electron chi connectivity index (χ2n) is 7.19. The second-order valence-corrected chi connectivity index (χ2v) is 9.62. The number of Topliss-reactive ketones (excluding diaryl/α,β-unsaturated/α-hetero) is 1. The molecule has 1 aromatic heterocycles. The lowest BCUT2D eigenvalue weighted by atomic mass is 10.2. The monoisotopic (exact) mass is 531 g/mol. The molecule has 0 saturated heterocycles. The Morgan fingerprint density at radius 1 is 0.857 bits per heavy atom. The molecule has 0 unspecified atom stereocenters. The topological polar surface area (TPSA) is 125 Å². The quantitative estimate of drug-likeness (QED) is 0.160. The largest absolute Gasteiger partial charge is 0.379 e. The third-order valence-corrected chi connectivity index (χ3v) is 6.40. The SMILES string of the molecule is CC(=O)NCCOCCOCC(=O)CCCOCCOCCNC(=O)CCSSc1ccccn1. The summed E-state index contributed by atoms with van der Waals surface area (Å²) in [5.74, 6) is 0.645. The lowest BCUT2D eigenvalue weighted by Gasteiger charge is -2.08. The van der Waals surface area contributed by atoms with Gasteiger partial charge in [0.1, 0.15) is 11.6 Å². The summed E-state index contributed by atoms with van der Waals surface area (Å²) in [6, 6.07) is 5.75. The Hall–Kier alpha value is -1.70. The highest BCUT2D eigenvalue weighted by molar-refractivity contribution is 8.76. The maximum absolute atomic E-state index is 11.8. The summed E-state index contributed by atoms with van der Waals surface area (Å²) in [5.41, 5.74) is 0. The molecule has 0 saturated carbocycles. The highest BCUT2D eigenvalue weighted by Gasteiger charge is 2.04.